The Morgan fingerprint density at radius 1 is 1.28 bits per heavy atom. The molecule has 0 saturated heterocycles. The molecule has 2 aromatic rings. The van der Waals surface area contributed by atoms with E-state index < -0.39 is 0 Å². The van der Waals surface area contributed by atoms with Crippen LogP contribution in [0.2, 0.25) is 0 Å². The first kappa shape index (κ1) is 18.7. The van der Waals surface area contributed by atoms with Gasteiger partial charge in [0.05, 0.1) is 12.3 Å². The van der Waals surface area contributed by atoms with Crippen molar-refractivity contribution in [1.82, 2.24) is 14.9 Å². The number of carbonyl (C=O) groups is 2. The zero-order valence-electron chi connectivity index (χ0n) is 14.3. The summed E-state index contributed by atoms with van der Waals surface area (Å²) in [6.45, 7) is 3.81. The summed E-state index contributed by atoms with van der Waals surface area (Å²) in [6, 6.07) is 7.10. The summed E-state index contributed by atoms with van der Waals surface area (Å²) < 4.78 is 0. The highest BCUT2D eigenvalue weighted by molar-refractivity contribution is 7.99. The molecule has 1 aromatic carbocycles. The third-order valence-corrected chi connectivity index (χ3v) is 4.33. The predicted octanol–water partition coefficient (Wildman–Crippen LogP) is 1.58. The number of rotatable bonds is 6. The van der Waals surface area contributed by atoms with E-state index in [-0.39, 0.29) is 29.7 Å². The van der Waals surface area contributed by atoms with Crippen LogP contribution in [-0.2, 0) is 9.59 Å². The number of carbonyl (C=O) groups excluding carboxylic acids is 2. The van der Waals surface area contributed by atoms with Gasteiger partial charge in [-0.25, -0.2) is 4.98 Å². The van der Waals surface area contributed by atoms with E-state index in [1.165, 1.54) is 17.2 Å². The Morgan fingerprint density at radius 2 is 2.04 bits per heavy atom. The summed E-state index contributed by atoms with van der Waals surface area (Å²) in [7, 11) is 1.56. The maximum Gasteiger partial charge on any atom is 0.251 e. The molecule has 25 heavy (non-hydrogen) atoms. The molecule has 2 N–H and O–H groups in total. The number of benzene rings is 1. The van der Waals surface area contributed by atoms with E-state index in [1.807, 2.05) is 32.0 Å². The molecule has 0 spiro atoms. The van der Waals surface area contributed by atoms with E-state index in [0.29, 0.717) is 5.16 Å². The molecule has 0 fully saturated rings. The fourth-order valence-electron chi connectivity index (χ4n) is 2.03. The number of aryl methyl sites for hydroxylation is 2. The van der Waals surface area contributed by atoms with Crippen molar-refractivity contribution < 1.29 is 9.59 Å². The highest BCUT2D eigenvalue weighted by Gasteiger charge is 2.14. The van der Waals surface area contributed by atoms with Crippen molar-refractivity contribution in [2.75, 3.05) is 24.7 Å². The molecule has 1 heterocycles. The SMILES string of the molecule is Cc1ccc(C)c(NC(=O)CN(C)C(=O)CSc2nccc(=O)[nH]2)c1. The molecule has 0 atom stereocenters. The minimum absolute atomic E-state index is 0.0501. The van der Waals surface area contributed by atoms with Crippen molar-refractivity contribution in [1.29, 1.82) is 0 Å². The van der Waals surface area contributed by atoms with Gasteiger partial charge in [-0.15, -0.1) is 0 Å². The van der Waals surface area contributed by atoms with Crippen molar-refractivity contribution in [3.05, 3.63) is 51.9 Å². The van der Waals surface area contributed by atoms with Gasteiger partial charge in [0.1, 0.15) is 0 Å². The lowest BCUT2D eigenvalue weighted by Crippen LogP contribution is -2.36. The number of aromatic nitrogens is 2. The van der Waals surface area contributed by atoms with Gasteiger partial charge < -0.3 is 15.2 Å². The van der Waals surface area contributed by atoms with Gasteiger partial charge in [0, 0.05) is 25.0 Å². The van der Waals surface area contributed by atoms with Crippen LogP contribution < -0.4 is 10.9 Å². The van der Waals surface area contributed by atoms with Crippen LogP contribution in [0.25, 0.3) is 0 Å². The third kappa shape index (κ3) is 5.75. The zero-order valence-corrected chi connectivity index (χ0v) is 15.1. The molecule has 2 amide bonds. The largest absolute Gasteiger partial charge is 0.336 e. The molecule has 132 valence electrons. The lowest BCUT2D eigenvalue weighted by atomic mass is 10.1. The number of hydrogen-bond donors (Lipinski definition) is 2. The van der Waals surface area contributed by atoms with E-state index in [4.69, 9.17) is 0 Å². The summed E-state index contributed by atoms with van der Waals surface area (Å²) in [5.41, 5.74) is 2.48. The predicted molar refractivity (Wildman–Crippen MR) is 97.8 cm³/mol. The minimum atomic E-state index is -0.272. The number of nitrogens with one attached hydrogen (secondary N) is 2. The Kier molecular flexibility index (Phi) is 6.35. The third-order valence-electron chi connectivity index (χ3n) is 3.45. The maximum atomic E-state index is 12.1. The second-order valence-electron chi connectivity index (χ2n) is 5.64. The molecule has 0 saturated carbocycles. The van der Waals surface area contributed by atoms with Crippen LogP contribution in [0.1, 0.15) is 11.1 Å². The van der Waals surface area contributed by atoms with E-state index in [2.05, 4.69) is 15.3 Å². The van der Waals surface area contributed by atoms with Crippen LogP contribution in [0, 0.1) is 13.8 Å². The first-order chi connectivity index (χ1) is 11.8. The lowest BCUT2D eigenvalue weighted by Gasteiger charge is -2.17. The number of hydrogen-bond acceptors (Lipinski definition) is 5. The summed E-state index contributed by atoms with van der Waals surface area (Å²) in [5.74, 6) is -0.409. The standard InChI is InChI=1S/C17H20N4O3S/c1-11-4-5-12(2)13(8-11)19-15(23)9-21(3)16(24)10-25-17-18-7-6-14(22)20-17/h4-8H,9-10H2,1-3H3,(H,19,23)(H,18,20,22). The minimum Gasteiger partial charge on any atom is -0.336 e. The normalized spacial score (nSPS) is 10.4. The zero-order chi connectivity index (χ0) is 18.4. The summed E-state index contributed by atoms with van der Waals surface area (Å²) in [6.07, 6.45) is 1.38. The molecule has 0 bridgehead atoms. The second-order valence-corrected chi connectivity index (χ2v) is 6.61. The summed E-state index contributed by atoms with van der Waals surface area (Å²) >= 11 is 1.12. The number of H-pyrrole nitrogens is 1. The van der Waals surface area contributed by atoms with Crippen LogP contribution in [-0.4, -0.2) is 46.0 Å². The van der Waals surface area contributed by atoms with E-state index >= 15 is 0 Å². The van der Waals surface area contributed by atoms with Gasteiger partial charge in [-0.1, -0.05) is 23.9 Å². The average Bonchev–Trinajstić information content (AvgIpc) is 2.56. The monoisotopic (exact) mass is 360 g/mol. The molecule has 0 aliphatic carbocycles. The van der Waals surface area contributed by atoms with Gasteiger partial charge in [0.15, 0.2) is 5.16 Å². The van der Waals surface area contributed by atoms with Gasteiger partial charge in [0.25, 0.3) is 5.56 Å². The number of amides is 2. The Hall–Kier alpha value is -2.61. The molecule has 1 aromatic heterocycles. The van der Waals surface area contributed by atoms with Crippen LogP contribution in [0.3, 0.4) is 0 Å². The van der Waals surface area contributed by atoms with Crippen LogP contribution >= 0.6 is 11.8 Å². The number of thioether (sulfide) groups is 1. The second kappa shape index (κ2) is 8.48. The first-order valence-corrected chi connectivity index (χ1v) is 8.63. The van der Waals surface area contributed by atoms with Gasteiger partial charge in [-0.3, -0.25) is 14.4 Å². The molecule has 7 nitrogen and oxygen atoms in total. The number of aromatic amines is 1. The Morgan fingerprint density at radius 3 is 2.76 bits per heavy atom. The van der Waals surface area contributed by atoms with E-state index in [9.17, 15) is 14.4 Å². The molecule has 0 unspecified atom stereocenters. The fraction of sp³-hybridized carbons (Fsp3) is 0.294. The van der Waals surface area contributed by atoms with Crippen LogP contribution in [0.15, 0.2) is 40.4 Å². The Bertz CT molecular complexity index is 835. The first-order valence-electron chi connectivity index (χ1n) is 7.64. The highest BCUT2D eigenvalue weighted by atomic mass is 32.2. The molecule has 0 aliphatic rings. The summed E-state index contributed by atoms with van der Waals surface area (Å²) in [4.78, 5) is 43.3. The van der Waals surface area contributed by atoms with Crippen LogP contribution in [0.5, 0.6) is 0 Å². The van der Waals surface area contributed by atoms with Gasteiger partial charge in [0.2, 0.25) is 11.8 Å². The number of anilines is 1. The molecular weight excluding hydrogens is 340 g/mol. The molecule has 0 aliphatic heterocycles. The van der Waals surface area contributed by atoms with Crippen molar-refractivity contribution in [3.8, 4) is 0 Å². The average molecular weight is 360 g/mol. The molecular formula is C17H20N4O3S. The molecule has 2 rings (SSSR count). The van der Waals surface area contributed by atoms with Gasteiger partial charge in [-0.05, 0) is 31.0 Å². The van der Waals surface area contributed by atoms with Crippen LogP contribution in [0.4, 0.5) is 5.69 Å². The number of nitrogens with zero attached hydrogens (tertiary/aromatic N) is 2. The van der Waals surface area contributed by atoms with E-state index in [0.717, 1.165) is 28.6 Å². The topological polar surface area (TPSA) is 95.2 Å². The highest BCUT2D eigenvalue weighted by Crippen LogP contribution is 2.16. The van der Waals surface area contributed by atoms with Gasteiger partial charge >= 0.3 is 0 Å². The number of likely N-dealkylation sites (N-methyl/N-ethyl adjacent to an activating group) is 1. The Balaban J connectivity index is 1.86. The van der Waals surface area contributed by atoms with Gasteiger partial charge in [-0.2, -0.15) is 0 Å². The lowest BCUT2D eigenvalue weighted by molar-refractivity contribution is -0.131. The quantitative estimate of drug-likeness (QED) is 0.602. The van der Waals surface area contributed by atoms with Crippen molar-refractivity contribution in [2.45, 2.75) is 19.0 Å². The Labute approximate surface area is 149 Å². The van der Waals surface area contributed by atoms with E-state index in [1.54, 1.807) is 7.05 Å². The van der Waals surface area contributed by atoms with Crippen molar-refractivity contribution in [3.63, 3.8) is 0 Å². The maximum absolute atomic E-state index is 12.1. The molecule has 0 radical (unpaired) electrons. The van der Waals surface area contributed by atoms with Crippen molar-refractivity contribution in [2.24, 2.45) is 0 Å². The summed E-state index contributed by atoms with van der Waals surface area (Å²) in [5, 5.41) is 3.19. The molecule has 8 heteroatoms. The smallest absolute Gasteiger partial charge is 0.251 e. The van der Waals surface area contributed by atoms with Crippen molar-refractivity contribution >= 4 is 29.3 Å². The fourth-order valence-corrected chi connectivity index (χ4v) is 2.82.